The number of aryl methyl sites for hydroxylation is 2. The number of aromatic nitrogens is 5. The number of nitrogens with zero attached hydrogens (tertiary/aromatic N) is 5. The molecule has 3 aromatic heterocycles. The fraction of sp³-hybridized carbons (Fsp3) is 0.286. The van der Waals surface area contributed by atoms with Crippen LogP contribution < -0.4 is 5.32 Å². The van der Waals surface area contributed by atoms with Crippen LogP contribution in [0.5, 0.6) is 0 Å². The minimum absolute atomic E-state index is 0.00432. The number of imidazole rings is 1. The molecule has 1 saturated heterocycles. The molecule has 29 heavy (non-hydrogen) atoms. The maximum atomic E-state index is 12.5. The molecular weight excluding hydrogens is 366 g/mol. The van der Waals surface area contributed by atoms with Crippen LogP contribution in [0, 0.1) is 13.8 Å². The minimum atomic E-state index is -0.00432. The summed E-state index contributed by atoms with van der Waals surface area (Å²) in [5.41, 5.74) is 2.80. The average Bonchev–Trinajstić information content (AvgIpc) is 3.40. The van der Waals surface area contributed by atoms with Crippen molar-refractivity contribution in [3.8, 4) is 0 Å². The Morgan fingerprint density at radius 1 is 1.34 bits per heavy atom. The van der Waals surface area contributed by atoms with Crippen molar-refractivity contribution in [3.05, 3.63) is 65.8 Å². The topological polar surface area (TPSA) is 99.7 Å². The molecule has 1 fully saturated rings. The first kappa shape index (κ1) is 18.8. The van der Waals surface area contributed by atoms with E-state index in [1.54, 1.807) is 30.9 Å². The summed E-state index contributed by atoms with van der Waals surface area (Å²) < 4.78 is 0. The third-order valence-electron chi connectivity index (χ3n) is 4.96. The molecule has 0 spiro atoms. The van der Waals surface area contributed by atoms with Gasteiger partial charge in [0, 0.05) is 37.3 Å². The lowest BCUT2D eigenvalue weighted by molar-refractivity contribution is -0.124. The van der Waals surface area contributed by atoms with Crippen LogP contribution in [-0.4, -0.2) is 48.8 Å². The Bertz CT molecular complexity index is 1030. The van der Waals surface area contributed by atoms with Gasteiger partial charge in [0.25, 0.3) is 0 Å². The van der Waals surface area contributed by atoms with Gasteiger partial charge in [-0.2, -0.15) is 0 Å². The third kappa shape index (κ3) is 4.48. The fourth-order valence-corrected chi connectivity index (χ4v) is 3.43. The predicted molar refractivity (Wildman–Crippen MR) is 111 cm³/mol. The number of likely N-dealkylation sites (tertiary alicyclic amines) is 1. The first-order chi connectivity index (χ1) is 14.1. The molecule has 0 aromatic carbocycles. The summed E-state index contributed by atoms with van der Waals surface area (Å²) in [6.45, 7) is 5.24. The second-order valence-corrected chi connectivity index (χ2v) is 7.13. The van der Waals surface area contributed by atoms with Crippen molar-refractivity contribution in [2.24, 2.45) is 0 Å². The molecule has 2 N–H and O–H groups in total. The number of hydrogen-bond acceptors (Lipinski definition) is 6. The van der Waals surface area contributed by atoms with Crippen molar-refractivity contribution in [2.75, 3.05) is 18.4 Å². The van der Waals surface area contributed by atoms with Crippen molar-refractivity contribution in [1.29, 1.82) is 0 Å². The normalized spacial score (nSPS) is 16.5. The van der Waals surface area contributed by atoms with Crippen LogP contribution >= 0.6 is 0 Å². The molecule has 4 heterocycles. The van der Waals surface area contributed by atoms with Gasteiger partial charge in [0.15, 0.2) is 0 Å². The van der Waals surface area contributed by atoms with Crippen LogP contribution in [0.2, 0.25) is 0 Å². The lowest BCUT2D eigenvalue weighted by atomic mass is 10.0. The second-order valence-electron chi connectivity index (χ2n) is 7.13. The SMILES string of the molecule is Cc1nc(Nc2ncccc2C)cc([C@@H]2CCN(C(=O)/C=C/c3cnc[nH]3)C2)n1. The zero-order valence-corrected chi connectivity index (χ0v) is 16.5. The highest BCUT2D eigenvalue weighted by Crippen LogP contribution is 2.28. The largest absolute Gasteiger partial charge is 0.345 e. The van der Waals surface area contributed by atoms with E-state index in [4.69, 9.17) is 0 Å². The van der Waals surface area contributed by atoms with Gasteiger partial charge >= 0.3 is 0 Å². The lowest BCUT2D eigenvalue weighted by Gasteiger charge is -2.15. The van der Waals surface area contributed by atoms with Gasteiger partial charge in [-0.1, -0.05) is 6.07 Å². The van der Waals surface area contributed by atoms with Gasteiger partial charge in [-0.15, -0.1) is 0 Å². The van der Waals surface area contributed by atoms with Gasteiger partial charge in [-0.05, 0) is 38.0 Å². The maximum absolute atomic E-state index is 12.5. The number of hydrogen-bond donors (Lipinski definition) is 2. The van der Waals surface area contributed by atoms with Gasteiger partial charge in [0.1, 0.15) is 17.5 Å². The molecule has 1 amide bonds. The zero-order valence-electron chi connectivity index (χ0n) is 16.5. The summed E-state index contributed by atoms with van der Waals surface area (Å²) in [5.74, 6) is 2.38. The Morgan fingerprint density at radius 3 is 3.03 bits per heavy atom. The zero-order chi connectivity index (χ0) is 20.2. The summed E-state index contributed by atoms with van der Waals surface area (Å²) in [7, 11) is 0. The molecule has 1 aliphatic heterocycles. The van der Waals surface area contributed by atoms with Crippen molar-refractivity contribution in [1.82, 2.24) is 29.8 Å². The first-order valence-corrected chi connectivity index (χ1v) is 9.58. The van der Waals surface area contributed by atoms with Crippen LogP contribution in [0.15, 0.2) is 43.0 Å². The average molecular weight is 389 g/mol. The number of carbonyl (C=O) groups excluding carboxylic acids is 1. The number of carbonyl (C=O) groups is 1. The molecule has 0 aliphatic carbocycles. The van der Waals surface area contributed by atoms with Crippen molar-refractivity contribution in [3.63, 3.8) is 0 Å². The number of aromatic amines is 1. The highest BCUT2D eigenvalue weighted by Gasteiger charge is 2.27. The number of nitrogens with one attached hydrogen (secondary N) is 2. The van der Waals surface area contributed by atoms with Crippen molar-refractivity contribution >= 4 is 23.6 Å². The molecule has 0 saturated carbocycles. The standard InChI is InChI=1S/C21H23N7O/c1-14-4-3-8-23-21(14)27-19-10-18(25-15(2)26-19)16-7-9-28(12-16)20(29)6-5-17-11-22-13-24-17/h3-6,8,10-11,13,16H,7,9,12H2,1-2H3,(H,22,24)(H,23,25,26,27)/b6-5+/t16-/m1/s1. The molecule has 1 aliphatic rings. The van der Waals surface area contributed by atoms with Crippen LogP contribution in [-0.2, 0) is 4.79 Å². The lowest BCUT2D eigenvalue weighted by Crippen LogP contribution is -2.26. The Morgan fingerprint density at radius 2 is 2.24 bits per heavy atom. The molecule has 0 radical (unpaired) electrons. The predicted octanol–water partition coefficient (Wildman–Crippen LogP) is 2.98. The van der Waals surface area contributed by atoms with Crippen molar-refractivity contribution in [2.45, 2.75) is 26.2 Å². The summed E-state index contributed by atoms with van der Waals surface area (Å²) >= 11 is 0. The number of amides is 1. The Balaban J connectivity index is 1.45. The Hall–Kier alpha value is -3.55. The number of rotatable bonds is 5. The van der Waals surface area contributed by atoms with E-state index in [2.05, 4.69) is 30.2 Å². The first-order valence-electron chi connectivity index (χ1n) is 9.58. The molecule has 8 heteroatoms. The molecule has 8 nitrogen and oxygen atoms in total. The summed E-state index contributed by atoms with van der Waals surface area (Å²) in [4.78, 5) is 34.7. The van der Waals surface area contributed by atoms with Crippen LogP contribution in [0.25, 0.3) is 6.08 Å². The Kier molecular flexibility index (Phi) is 5.33. The highest BCUT2D eigenvalue weighted by molar-refractivity contribution is 5.91. The van der Waals surface area contributed by atoms with Gasteiger partial charge < -0.3 is 15.2 Å². The van der Waals surface area contributed by atoms with Gasteiger partial charge in [-0.25, -0.2) is 19.9 Å². The molecule has 1 atom stereocenters. The summed E-state index contributed by atoms with van der Waals surface area (Å²) in [6.07, 6.45) is 9.22. The fourth-order valence-electron chi connectivity index (χ4n) is 3.43. The maximum Gasteiger partial charge on any atom is 0.246 e. The highest BCUT2D eigenvalue weighted by atomic mass is 16.2. The molecule has 4 rings (SSSR count). The van der Waals surface area contributed by atoms with E-state index in [1.165, 1.54) is 0 Å². The molecule has 0 unspecified atom stereocenters. The van der Waals surface area contributed by atoms with Gasteiger partial charge in [0.2, 0.25) is 5.91 Å². The van der Waals surface area contributed by atoms with E-state index < -0.39 is 0 Å². The van der Waals surface area contributed by atoms with Crippen molar-refractivity contribution < 1.29 is 4.79 Å². The van der Waals surface area contributed by atoms with Gasteiger partial charge in [-0.3, -0.25) is 4.79 Å². The third-order valence-corrected chi connectivity index (χ3v) is 4.96. The Labute approximate surface area is 169 Å². The molecule has 3 aromatic rings. The van der Waals surface area contributed by atoms with E-state index >= 15 is 0 Å². The van der Waals surface area contributed by atoms with Crippen LogP contribution in [0.4, 0.5) is 11.6 Å². The summed E-state index contributed by atoms with van der Waals surface area (Å²) in [6, 6.07) is 5.86. The number of anilines is 2. The summed E-state index contributed by atoms with van der Waals surface area (Å²) in [5, 5.41) is 3.28. The monoisotopic (exact) mass is 389 g/mol. The van der Waals surface area contributed by atoms with E-state index in [0.717, 1.165) is 35.0 Å². The van der Waals surface area contributed by atoms with Gasteiger partial charge in [0.05, 0.1) is 23.9 Å². The van der Waals surface area contributed by atoms with E-state index in [9.17, 15) is 4.79 Å². The van der Waals surface area contributed by atoms with E-state index in [0.29, 0.717) is 18.9 Å². The smallest absolute Gasteiger partial charge is 0.246 e. The van der Waals surface area contributed by atoms with E-state index in [-0.39, 0.29) is 11.8 Å². The molecule has 0 bridgehead atoms. The minimum Gasteiger partial charge on any atom is -0.345 e. The molecule has 148 valence electrons. The second kappa shape index (κ2) is 8.22. The number of pyridine rings is 1. The quantitative estimate of drug-likeness (QED) is 0.651. The van der Waals surface area contributed by atoms with Crippen LogP contribution in [0.1, 0.15) is 35.1 Å². The number of H-pyrrole nitrogens is 1. The van der Waals surface area contributed by atoms with Crippen LogP contribution in [0.3, 0.4) is 0 Å². The van der Waals surface area contributed by atoms with E-state index in [1.807, 2.05) is 36.9 Å². The molecular formula is C21H23N7O.